The summed E-state index contributed by atoms with van der Waals surface area (Å²) < 4.78 is 6.21. The molecule has 0 saturated heterocycles. The molecule has 21 heavy (non-hydrogen) atoms. The molecular weight excluding hydrogens is 258 g/mol. The normalized spacial score (nSPS) is 18.5. The van der Waals surface area contributed by atoms with Gasteiger partial charge in [-0.15, -0.1) is 0 Å². The Morgan fingerprint density at radius 1 is 1.14 bits per heavy atom. The lowest BCUT2D eigenvalue weighted by Crippen LogP contribution is -2.39. The minimum absolute atomic E-state index is 0.122. The standard InChI is InChI=1S/C19H31NO/c1-19(2,3)16-12-8-9-13-18(16)21-14-17(20-4)15-10-6-5-7-11-15/h8-9,12-13,15,17,20H,5-7,10-11,14H2,1-4H3. The second-order valence-corrected chi connectivity index (χ2v) is 7.35. The van der Waals surface area contributed by atoms with Gasteiger partial charge >= 0.3 is 0 Å². The summed E-state index contributed by atoms with van der Waals surface area (Å²) in [6, 6.07) is 8.93. The van der Waals surface area contributed by atoms with Crippen LogP contribution in [-0.2, 0) is 5.41 Å². The van der Waals surface area contributed by atoms with Crippen molar-refractivity contribution in [2.24, 2.45) is 5.92 Å². The zero-order valence-electron chi connectivity index (χ0n) is 14.1. The summed E-state index contributed by atoms with van der Waals surface area (Å²) in [6.07, 6.45) is 6.84. The first-order chi connectivity index (χ1) is 10.0. The maximum atomic E-state index is 6.21. The second kappa shape index (κ2) is 7.31. The molecule has 0 aliphatic heterocycles. The summed E-state index contributed by atoms with van der Waals surface area (Å²) in [4.78, 5) is 0. The Balaban J connectivity index is 2.01. The molecule has 1 atom stereocenters. The molecule has 1 saturated carbocycles. The van der Waals surface area contributed by atoms with E-state index in [9.17, 15) is 0 Å². The Morgan fingerprint density at radius 2 is 1.81 bits per heavy atom. The molecule has 1 aliphatic carbocycles. The van der Waals surface area contributed by atoms with Gasteiger partial charge in [-0.2, -0.15) is 0 Å². The van der Waals surface area contributed by atoms with Crippen molar-refractivity contribution >= 4 is 0 Å². The van der Waals surface area contributed by atoms with Gasteiger partial charge in [0.15, 0.2) is 0 Å². The predicted octanol–water partition coefficient (Wildman–Crippen LogP) is 4.53. The van der Waals surface area contributed by atoms with Crippen LogP contribution in [-0.4, -0.2) is 19.7 Å². The Labute approximate surface area is 130 Å². The summed E-state index contributed by atoms with van der Waals surface area (Å²) in [5.74, 6) is 1.81. The van der Waals surface area contributed by atoms with Gasteiger partial charge in [-0.3, -0.25) is 0 Å². The predicted molar refractivity (Wildman–Crippen MR) is 90.1 cm³/mol. The SMILES string of the molecule is CNC(COc1ccccc1C(C)(C)C)C1CCCCC1. The van der Waals surface area contributed by atoms with E-state index in [-0.39, 0.29) is 5.41 Å². The first-order valence-electron chi connectivity index (χ1n) is 8.42. The molecular formula is C19H31NO. The number of hydrogen-bond donors (Lipinski definition) is 1. The number of benzene rings is 1. The molecule has 118 valence electrons. The third-order valence-electron chi connectivity index (χ3n) is 4.70. The molecule has 1 aliphatic rings. The van der Waals surface area contributed by atoms with Gasteiger partial charge < -0.3 is 10.1 Å². The summed E-state index contributed by atoms with van der Waals surface area (Å²) in [5, 5.41) is 3.48. The minimum Gasteiger partial charge on any atom is -0.492 e. The maximum Gasteiger partial charge on any atom is 0.123 e. The lowest BCUT2D eigenvalue weighted by molar-refractivity contribution is 0.190. The van der Waals surface area contributed by atoms with E-state index in [0.29, 0.717) is 6.04 Å². The van der Waals surface area contributed by atoms with Gasteiger partial charge in [0, 0.05) is 6.04 Å². The molecule has 0 radical (unpaired) electrons. The fourth-order valence-corrected chi connectivity index (χ4v) is 3.38. The van der Waals surface area contributed by atoms with Crippen molar-refractivity contribution in [2.75, 3.05) is 13.7 Å². The molecule has 0 bridgehead atoms. The van der Waals surface area contributed by atoms with Gasteiger partial charge in [-0.25, -0.2) is 0 Å². The molecule has 2 nitrogen and oxygen atoms in total. The van der Waals surface area contributed by atoms with E-state index in [1.54, 1.807) is 0 Å². The number of hydrogen-bond acceptors (Lipinski definition) is 2. The van der Waals surface area contributed by atoms with Crippen LogP contribution in [0, 0.1) is 5.92 Å². The highest BCUT2D eigenvalue weighted by atomic mass is 16.5. The van der Waals surface area contributed by atoms with Crippen LogP contribution in [0.5, 0.6) is 5.75 Å². The topological polar surface area (TPSA) is 21.3 Å². The van der Waals surface area contributed by atoms with E-state index >= 15 is 0 Å². The van der Waals surface area contributed by atoms with Crippen LogP contribution in [0.15, 0.2) is 24.3 Å². The highest BCUT2D eigenvalue weighted by Crippen LogP contribution is 2.32. The summed E-state index contributed by atoms with van der Waals surface area (Å²) in [7, 11) is 2.07. The molecule has 0 spiro atoms. The van der Waals surface area contributed by atoms with Crippen LogP contribution in [0.4, 0.5) is 0 Å². The first kappa shape index (κ1) is 16.4. The molecule has 0 amide bonds. The fraction of sp³-hybridized carbons (Fsp3) is 0.684. The Morgan fingerprint density at radius 3 is 2.43 bits per heavy atom. The summed E-state index contributed by atoms with van der Waals surface area (Å²) in [6.45, 7) is 7.50. The molecule has 1 aromatic carbocycles. The molecule has 1 unspecified atom stereocenters. The zero-order valence-corrected chi connectivity index (χ0v) is 14.1. The number of para-hydroxylation sites is 1. The largest absolute Gasteiger partial charge is 0.492 e. The van der Waals surface area contributed by atoms with E-state index in [2.05, 4.69) is 57.4 Å². The van der Waals surface area contributed by atoms with Crippen LogP contribution in [0.25, 0.3) is 0 Å². The van der Waals surface area contributed by atoms with Crippen LogP contribution in [0.3, 0.4) is 0 Å². The number of nitrogens with one attached hydrogen (secondary N) is 1. The smallest absolute Gasteiger partial charge is 0.123 e. The average Bonchev–Trinajstić information content (AvgIpc) is 2.48. The third kappa shape index (κ3) is 4.47. The summed E-state index contributed by atoms with van der Waals surface area (Å²) in [5.41, 5.74) is 1.42. The quantitative estimate of drug-likeness (QED) is 0.860. The Hall–Kier alpha value is -1.02. The molecule has 1 aromatic rings. The van der Waals surface area contributed by atoms with Gasteiger partial charge in [0.25, 0.3) is 0 Å². The van der Waals surface area contributed by atoms with Gasteiger partial charge in [-0.1, -0.05) is 58.2 Å². The highest BCUT2D eigenvalue weighted by molar-refractivity contribution is 5.38. The van der Waals surface area contributed by atoms with Gasteiger partial charge in [0.2, 0.25) is 0 Å². The fourth-order valence-electron chi connectivity index (χ4n) is 3.38. The van der Waals surface area contributed by atoms with Crippen LogP contribution >= 0.6 is 0 Å². The van der Waals surface area contributed by atoms with Crippen molar-refractivity contribution < 1.29 is 4.74 Å². The number of ether oxygens (including phenoxy) is 1. The monoisotopic (exact) mass is 289 g/mol. The second-order valence-electron chi connectivity index (χ2n) is 7.35. The molecule has 1 N–H and O–H groups in total. The zero-order chi connectivity index (χ0) is 15.3. The molecule has 2 heteroatoms. The number of likely N-dealkylation sites (N-methyl/N-ethyl adjacent to an activating group) is 1. The molecule has 0 heterocycles. The highest BCUT2D eigenvalue weighted by Gasteiger charge is 2.24. The van der Waals surface area contributed by atoms with Crippen molar-refractivity contribution in [2.45, 2.75) is 64.3 Å². The molecule has 0 aromatic heterocycles. The lowest BCUT2D eigenvalue weighted by Gasteiger charge is -2.31. The average molecular weight is 289 g/mol. The van der Waals surface area contributed by atoms with E-state index < -0.39 is 0 Å². The Kier molecular flexibility index (Phi) is 5.69. The minimum atomic E-state index is 0.122. The molecule has 1 fully saturated rings. The van der Waals surface area contributed by atoms with Crippen molar-refractivity contribution in [3.63, 3.8) is 0 Å². The van der Waals surface area contributed by atoms with Gasteiger partial charge in [-0.05, 0) is 42.9 Å². The van der Waals surface area contributed by atoms with Crippen molar-refractivity contribution in [1.29, 1.82) is 0 Å². The van der Waals surface area contributed by atoms with Crippen LogP contribution < -0.4 is 10.1 Å². The van der Waals surface area contributed by atoms with E-state index in [1.165, 1.54) is 37.7 Å². The first-order valence-corrected chi connectivity index (χ1v) is 8.42. The summed E-state index contributed by atoms with van der Waals surface area (Å²) >= 11 is 0. The van der Waals surface area contributed by atoms with E-state index in [1.807, 2.05) is 0 Å². The van der Waals surface area contributed by atoms with Crippen LogP contribution in [0.1, 0.15) is 58.4 Å². The lowest BCUT2D eigenvalue weighted by atomic mass is 9.84. The van der Waals surface area contributed by atoms with Crippen molar-refractivity contribution in [3.8, 4) is 5.75 Å². The van der Waals surface area contributed by atoms with Crippen LogP contribution in [0.2, 0.25) is 0 Å². The maximum absolute atomic E-state index is 6.21. The Bertz CT molecular complexity index is 429. The number of rotatable bonds is 5. The van der Waals surface area contributed by atoms with E-state index in [4.69, 9.17) is 4.74 Å². The van der Waals surface area contributed by atoms with Crippen molar-refractivity contribution in [3.05, 3.63) is 29.8 Å². The van der Waals surface area contributed by atoms with Gasteiger partial charge in [0.1, 0.15) is 12.4 Å². The molecule has 2 rings (SSSR count). The van der Waals surface area contributed by atoms with Gasteiger partial charge in [0.05, 0.1) is 0 Å². The third-order valence-corrected chi connectivity index (χ3v) is 4.70. The van der Waals surface area contributed by atoms with E-state index in [0.717, 1.165) is 18.3 Å². The van der Waals surface area contributed by atoms with Crippen molar-refractivity contribution in [1.82, 2.24) is 5.32 Å².